The van der Waals surface area contributed by atoms with Crippen LogP contribution in [0.3, 0.4) is 0 Å². The number of hydrogen-bond acceptors (Lipinski definition) is 3. The summed E-state index contributed by atoms with van der Waals surface area (Å²) in [6, 6.07) is 8.05. The Hall–Kier alpha value is -1.35. The molecule has 2 N–H and O–H groups in total. The van der Waals surface area contributed by atoms with Gasteiger partial charge in [0.1, 0.15) is 7.11 Å². The summed E-state index contributed by atoms with van der Waals surface area (Å²) >= 11 is 0. The highest BCUT2D eigenvalue weighted by Crippen LogP contribution is 2.08. The molecule has 0 saturated heterocycles. The van der Waals surface area contributed by atoms with E-state index in [0.29, 0.717) is 6.54 Å². The van der Waals surface area contributed by atoms with Gasteiger partial charge in [0.15, 0.2) is 0 Å². The van der Waals surface area contributed by atoms with Crippen LogP contribution in [0.5, 0.6) is 0 Å². The van der Waals surface area contributed by atoms with E-state index in [1.807, 2.05) is 31.2 Å². The van der Waals surface area contributed by atoms with Gasteiger partial charge in [0.05, 0.1) is 5.71 Å². The Labute approximate surface area is 84.6 Å². The summed E-state index contributed by atoms with van der Waals surface area (Å²) in [6.07, 6.45) is 0.849. The Morgan fingerprint density at radius 3 is 2.86 bits per heavy atom. The molecule has 0 unspecified atom stereocenters. The van der Waals surface area contributed by atoms with Crippen molar-refractivity contribution in [1.29, 1.82) is 0 Å². The fourth-order valence-corrected chi connectivity index (χ4v) is 1.31. The van der Waals surface area contributed by atoms with Crippen LogP contribution >= 0.6 is 0 Å². The summed E-state index contributed by atoms with van der Waals surface area (Å²) in [6.45, 7) is 2.60. The Balaban J connectivity index is 2.98. The van der Waals surface area contributed by atoms with E-state index in [2.05, 4.69) is 5.16 Å². The molecule has 0 saturated carbocycles. The zero-order valence-electron chi connectivity index (χ0n) is 8.66. The maximum absolute atomic E-state index is 5.56. The van der Waals surface area contributed by atoms with Crippen molar-refractivity contribution >= 4 is 5.71 Å². The van der Waals surface area contributed by atoms with Crippen LogP contribution in [0.1, 0.15) is 24.5 Å². The van der Waals surface area contributed by atoms with E-state index < -0.39 is 0 Å². The molecule has 14 heavy (non-hydrogen) atoms. The van der Waals surface area contributed by atoms with Gasteiger partial charge in [-0.3, -0.25) is 0 Å². The number of oxime groups is 1. The average molecular weight is 192 g/mol. The first kappa shape index (κ1) is 10.7. The Morgan fingerprint density at radius 2 is 2.29 bits per heavy atom. The molecule has 0 amide bonds. The van der Waals surface area contributed by atoms with Gasteiger partial charge < -0.3 is 10.6 Å². The summed E-state index contributed by atoms with van der Waals surface area (Å²) < 4.78 is 0. The molecule has 0 heterocycles. The van der Waals surface area contributed by atoms with Crippen molar-refractivity contribution in [3.05, 3.63) is 35.4 Å². The van der Waals surface area contributed by atoms with Crippen LogP contribution < -0.4 is 5.73 Å². The average Bonchev–Trinajstić information content (AvgIpc) is 2.26. The predicted molar refractivity (Wildman–Crippen MR) is 58.2 cm³/mol. The number of hydrogen-bond donors (Lipinski definition) is 1. The number of nitrogens with zero attached hydrogens (tertiary/aromatic N) is 1. The summed E-state index contributed by atoms with van der Waals surface area (Å²) in [7, 11) is 1.56. The summed E-state index contributed by atoms with van der Waals surface area (Å²) in [5.41, 5.74) is 8.70. The summed E-state index contributed by atoms with van der Waals surface area (Å²) in [5, 5.41) is 3.96. The molecule has 3 nitrogen and oxygen atoms in total. The molecule has 0 radical (unpaired) electrons. The summed E-state index contributed by atoms with van der Waals surface area (Å²) in [5.74, 6) is 0. The van der Waals surface area contributed by atoms with Gasteiger partial charge in [0.2, 0.25) is 0 Å². The highest BCUT2D eigenvalue weighted by Gasteiger charge is 2.01. The minimum absolute atomic E-state index is 0.553. The van der Waals surface area contributed by atoms with Gasteiger partial charge in [-0.05, 0) is 23.6 Å². The predicted octanol–water partition coefficient (Wildman–Crippen LogP) is 1.91. The molecule has 0 spiro atoms. The lowest BCUT2D eigenvalue weighted by Crippen LogP contribution is -2.02. The van der Waals surface area contributed by atoms with Gasteiger partial charge in [-0.25, -0.2) is 0 Å². The zero-order chi connectivity index (χ0) is 10.4. The highest BCUT2D eigenvalue weighted by atomic mass is 16.6. The molecule has 1 rings (SSSR count). The first-order valence-electron chi connectivity index (χ1n) is 4.71. The molecule has 0 aromatic heterocycles. The molecule has 1 aromatic carbocycles. The molecule has 0 aliphatic rings. The van der Waals surface area contributed by atoms with Crippen molar-refractivity contribution in [2.75, 3.05) is 7.11 Å². The largest absolute Gasteiger partial charge is 0.399 e. The minimum atomic E-state index is 0.553. The van der Waals surface area contributed by atoms with E-state index in [9.17, 15) is 0 Å². The molecule has 0 bridgehead atoms. The zero-order valence-corrected chi connectivity index (χ0v) is 8.66. The van der Waals surface area contributed by atoms with E-state index in [4.69, 9.17) is 10.6 Å². The van der Waals surface area contributed by atoms with Gasteiger partial charge in [0, 0.05) is 6.54 Å². The lowest BCUT2D eigenvalue weighted by Gasteiger charge is -2.04. The smallest absolute Gasteiger partial charge is 0.106 e. The molecule has 0 atom stereocenters. The molecular formula is C11H16N2O. The van der Waals surface area contributed by atoms with E-state index in [1.165, 1.54) is 0 Å². The monoisotopic (exact) mass is 192 g/mol. The van der Waals surface area contributed by atoms with Crippen LogP contribution in [-0.4, -0.2) is 12.8 Å². The third kappa shape index (κ3) is 2.57. The second-order valence-corrected chi connectivity index (χ2v) is 2.98. The second-order valence-electron chi connectivity index (χ2n) is 2.98. The van der Waals surface area contributed by atoms with Crippen LogP contribution in [0.25, 0.3) is 0 Å². The molecule has 3 heteroatoms. The summed E-state index contributed by atoms with van der Waals surface area (Å²) in [4.78, 5) is 4.78. The second kappa shape index (κ2) is 5.40. The van der Waals surface area contributed by atoms with E-state index in [1.54, 1.807) is 7.11 Å². The number of nitrogens with two attached hydrogens (primary N) is 1. The fraction of sp³-hybridized carbons (Fsp3) is 0.364. The van der Waals surface area contributed by atoms with Crippen molar-refractivity contribution in [2.24, 2.45) is 10.9 Å². The fourth-order valence-electron chi connectivity index (χ4n) is 1.31. The van der Waals surface area contributed by atoms with Gasteiger partial charge in [-0.15, -0.1) is 0 Å². The van der Waals surface area contributed by atoms with Gasteiger partial charge >= 0.3 is 0 Å². The van der Waals surface area contributed by atoms with E-state index in [-0.39, 0.29) is 0 Å². The Morgan fingerprint density at radius 1 is 1.50 bits per heavy atom. The van der Waals surface area contributed by atoms with Crippen molar-refractivity contribution in [1.82, 2.24) is 0 Å². The topological polar surface area (TPSA) is 47.6 Å². The molecular weight excluding hydrogens is 176 g/mol. The third-order valence-corrected chi connectivity index (χ3v) is 2.03. The van der Waals surface area contributed by atoms with Crippen LogP contribution in [0.2, 0.25) is 0 Å². The maximum Gasteiger partial charge on any atom is 0.106 e. The Kier molecular flexibility index (Phi) is 4.13. The van der Waals surface area contributed by atoms with Gasteiger partial charge in [0.25, 0.3) is 0 Å². The lowest BCUT2D eigenvalue weighted by atomic mass is 10.1. The van der Waals surface area contributed by atoms with Crippen LogP contribution in [0.4, 0.5) is 0 Å². The Bertz CT molecular complexity index is 321. The number of benzene rings is 1. The van der Waals surface area contributed by atoms with Crippen LogP contribution in [0, 0.1) is 0 Å². The first-order valence-corrected chi connectivity index (χ1v) is 4.71. The third-order valence-electron chi connectivity index (χ3n) is 2.03. The minimum Gasteiger partial charge on any atom is -0.399 e. The number of rotatable bonds is 4. The quantitative estimate of drug-likeness (QED) is 0.585. The maximum atomic E-state index is 5.56. The molecule has 76 valence electrons. The molecule has 0 fully saturated rings. The molecule has 0 aliphatic carbocycles. The van der Waals surface area contributed by atoms with E-state index >= 15 is 0 Å². The van der Waals surface area contributed by atoms with Crippen LogP contribution in [-0.2, 0) is 11.4 Å². The van der Waals surface area contributed by atoms with Crippen molar-refractivity contribution in [3.63, 3.8) is 0 Å². The van der Waals surface area contributed by atoms with Crippen molar-refractivity contribution in [3.8, 4) is 0 Å². The molecule has 1 aromatic rings. The van der Waals surface area contributed by atoms with Crippen molar-refractivity contribution in [2.45, 2.75) is 19.9 Å². The SMILES string of the molecule is CCC(=NOC)c1cccc(CN)c1. The lowest BCUT2D eigenvalue weighted by molar-refractivity contribution is 0.213. The normalized spacial score (nSPS) is 11.5. The van der Waals surface area contributed by atoms with Gasteiger partial charge in [-0.1, -0.05) is 30.3 Å². The van der Waals surface area contributed by atoms with Gasteiger partial charge in [-0.2, -0.15) is 0 Å². The van der Waals surface area contributed by atoms with Crippen molar-refractivity contribution < 1.29 is 4.84 Å². The standard InChI is InChI=1S/C11H16N2O/c1-3-11(13-14-2)10-6-4-5-9(7-10)8-12/h4-7H,3,8,12H2,1-2H3. The van der Waals surface area contributed by atoms with Crippen LogP contribution in [0.15, 0.2) is 29.4 Å². The molecule has 0 aliphatic heterocycles. The highest BCUT2D eigenvalue weighted by molar-refractivity contribution is 6.00. The van der Waals surface area contributed by atoms with E-state index in [0.717, 1.165) is 23.3 Å². The first-order chi connectivity index (χ1) is 6.81.